The van der Waals surface area contributed by atoms with E-state index in [1.54, 1.807) is 0 Å². The number of carboxylic acids is 1. The summed E-state index contributed by atoms with van der Waals surface area (Å²) in [6, 6.07) is 7.65. The molecule has 26 heavy (non-hydrogen) atoms. The van der Waals surface area contributed by atoms with Gasteiger partial charge >= 0.3 is 5.97 Å². The molecule has 3 rings (SSSR count). The molecule has 1 aliphatic heterocycles. The molecule has 138 valence electrons. The normalized spacial score (nSPS) is 14.9. The Kier molecular flexibility index (Phi) is 6.35. The Morgan fingerprint density at radius 1 is 1.31 bits per heavy atom. The zero-order valence-corrected chi connectivity index (χ0v) is 15.3. The Morgan fingerprint density at radius 2 is 2.12 bits per heavy atom. The van der Waals surface area contributed by atoms with Crippen molar-refractivity contribution in [2.24, 2.45) is 5.92 Å². The third-order valence-corrected chi connectivity index (χ3v) is 5.40. The molecule has 2 aromatic rings. The lowest BCUT2D eigenvalue weighted by Crippen LogP contribution is -2.24. The number of hydrogen-bond donors (Lipinski definition) is 2. The van der Waals surface area contributed by atoms with Crippen LogP contribution in [0, 0.1) is 5.92 Å². The van der Waals surface area contributed by atoms with E-state index >= 15 is 0 Å². The molecule has 0 saturated carbocycles. The Bertz CT molecular complexity index is 768. The molecule has 1 aliphatic rings. The molecule has 1 saturated heterocycles. The number of nitrogens with zero attached hydrogens (tertiary/aromatic N) is 1. The van der Waals surface area contributed by atoms with E-state index in [0.717, 1.165) is 43.6 Å². The second-order valence-corrected chi connectivity index (χ2v) is 7.27. The zero-order valence-electron chi connectivity index (χ0n) is 14.4. The lowest BCUT2D eigenvalue weighted by atomic mass is 9.95. The maximum Gasteiger partial charge on any atom is 0.355 e. The molecule has 0 unspecified atom stereocenters. The van der Waals surface area contributed by atoms with Crippen molar-refractivity contribution < 1.29 is 19.4 Å². The Hall–Kier alpha value is -2.25. The summed E-state index contributed by atoms with van der Waals surface area (Å²) in [5.74, 6) is -0.379. The minimum atomic E-state index is -1.03. The number of nitrogens with one attached hydrogen (secondary N) is 1. The number of thiazole rings is 1. The number of carbonyl (C=O) groups is 2. The van der Waals surface area contributed by atoms with Crippen molar-refractivity contribution in [2.45, 2.75) is 32.2 Å². The molecule has 1 amide bonds. The van der Waals surface area contributed by atoms with E-state index in [0.29, 0.717) is 23.9 Å². The highest BCUT2D eigenvalue weighted by Crippen LogP contribution is 2.24. The highest BCUT2D eigenvalue weighted by atomic mass is 32.1. The number of carboxylic acid groups (broad SMARTS) is 1. The van der Waals surface area contributed by atoms with E-state index in [1.165, 1.54) is 16.7 Å². The first kappa shape index (κ1) is 18.5. The van der Waals surface area contributed by atoms with Gasteiger partial charge in [-0.1, -0.05) is 18.2 Å². The number of aromatic carboxylic acids is 1. The monoisotopic (exact) mass is 374 g/mol. The molecular formula is C19H22N2O4S. The fraction of sp³-hybridized carbons (Fsp3) is 0.421. The molecule has 2 heterocycles. The lowest BCUT2D eigenvalue weighted by molar-refractivity contribution is -0.121. The highest BCUT2D eigenvalue weighted by Gasteiger charge is 2.15. The maximum absolute atomic E-state index is 12.1. The highest BCUT2D eigenvalue weighted by molar-refractivity contribution is 7.13. The first-order valence-electron chi connectivity index (χ1n) is 8.74. The Labute approximate surface area is 156 Å². The van der Waals surface area contributed by atoms with Crippen molar-refractivity contribution in [1.82, 2.24) is 10.3 Å². The van der Waals surface area contributed by atoms with Crippen molar-refractivity contribution >= 4 is 23.2 Å². The minimum absolute atomic E-state index is 0.0526. The molecule has 0 aliphatic carbocycles. The topological polar surface area (TPSA) is 88.5 Å². The van der Waals surface area contributed by atoms with Crippen molar-refractivity contribution in [3.63, 3.8) is 0 Å². The van der Waals surface area contributed by atoms with E-state index < -0.39 is 5.97 Å². The van der Waals surface area contributed by atoms with Crippen LogP contribution < -0.4 is 5.32 Å². The molecular weight excluding hydrogens is 352 g/mol. The second kappa shape index (κ2) is 8.91. The summed E-state index contributed by atoms with van der Waals surface area (Å²) in [6.45, 7) is 2.07. The lowest BCUT2D eigenvalue weighted by Gasteiger charge is -2.21. The van der Waals surface area contributed by atoms with Crippen LogP contribution in [0.25, 0.3) is 10.6 Å². The van der Waals surface area contributed by atoms with Crippen LogP contribution >= 0.6 is 11.3 Å². The molecule has 0 bridgehead atoms. The van der Waals surface area contributed by atoms with Gasteiger partial charge in [0, 0.05) is 37.1 Å². The van der Waals surface area contributed by atoms with Crippen molar-refractivity contribution in [3.05, 3.63) is 40.9 Å². The van der Waals surface area contributed by atoms with E-state index in [9.17, 15) is 9.59 Å². The van der Waals surface area contributed by atoms with Crippen molar-refractivity contribution in [2.75, 3.05) is 13.2 Å². The molecule has 7 heteroatoms. The molecule has 0 spiro atoms. The fourth-order valence-corrected chi connectivity index (χ4v) is 3.77. The average molecular weight is 374 g/mol. The number of aromatic nitrogens is 1. The van der Waals surface area contributed by atoms with E-state index in [-0.39, 0.29) is 11.6 Å². The summed E-state index contributed by atoms with van der Waals surface area (Å²) in [5, 5.41) is 14.1. The predicted octanol–water partition coefficient (Wildman–Crippen LogP) is 3.33. The van der Waals surface area contributed by atoms with Crippen LogP contribution in [0.1, 0.15) is 41.7 Å². The van der Waals surface area contributed by atoms with Crippen LogP contribution in [0.3, 0.4) is 0 Å². The Balaban J connectivity index is 1.51. The third-order valence-electron chi connectivity index (χ3n) is 4.51. The number of hydrogen-bond acceptors (Lipinski definition) is 5. The molecule has 1 aromatic heterocycles. The number of benzene rings is 1. The number of rotatable bonds is 7. The predicted molar refractivity (Wildman–Crippen MR) is 99.1 cm³/mol. The van der Waals surface area contributed by atoms with Crippen LogP contribution in [0.15, 0.2) is 29.6 Å². The van der Waals surface area contributed by atoms with Crippen LogP contribution in [0.4, 0.5) is 0 Å². The average Bonchev–Trinajstić information content (AvgIpc) is 3.16. The van der Waals surface area contributed by atoms with Crippen molar-refractivity contribution in [1.29, 1.82) is 0 Å². The quantitative estimate of drug-likeness (QED) is 0.776. The Morgan fingerprint density at radius 3 is 2.85 bits per heavy atom. The summed E-state index contributed by atoms with van der Waals surface area (Å²) in [7, 11) is 0. The smallest absolute Gasteiger partial charge is 0.355 e. The van der Waals surface area contributed by atoms with Gasteiger partial charge in [-0.15, -0.1) is 11.3 Å². The van der Waals surface area contributed by atoms with Gasteiger partial charge in [-0.2, -0.15) is 0 Å². The first-order chi connectivity index (χ1) is 12.6. The molecule has 0 radical (unpaired) electrons. The third kappa shape index (κ3) is 5.12. The van der Waals surface area contributed by atoms with Gasteiger partial charge in [-0.3, -0.25) is 4.79 Å². The SMILES string of the molecule is O=C(CCC1CCOCC1)NCc1cccc(-c2nc(C(=O)O)cs2)c1. The summed E-state index contributed by atoms with van der Waals surface area (Å²) < 4.78 is 5.34. The van der Waals surface area contributed by atoms with E-state index in [2.05, 4.69) is 10.3 Å². The van der Waals surface area contributed by atoms with Gasteiger partial charge < -0.3 is 15.2 Å². The van der Waals surface area contributed by atoms with Crippen LogP contribution in [-0.4, -0.2) is 35.2 Å². The van der Waals surface area contributed by atoms with Crippen LogP contribution in [-0.2, 0) is 16.1 Å². The number of amides is 1. The summed E-state index contributed by atoms with van der Waals surface area (Å²) in [5.41, 5.74) is 1.88. The molecule has 6 nitrogen and oxygen atoms in total. The van der Waals surface area contributed by atoms with Gasteiger partial charge in [-0.25, -0.2) is 9.78 Å². The van der Waals surface area contributed by atoms with Crippen LogP contribution in [0.2, 0.25) is 0 Å². The number of carbonyl (C=O) groups excluding carboxylic acids is 1. The van der Waals surface area contributed by atoms with Gasteiger partial charge in [0.15, 0.2) is 5.69 Å². The standard InChI is InChI=1S/C19H22N2O4S/c22-17(5-4-13-6-8-25-9-7-13)20-11-14-2-1-3-15(10-14)18-21-16(12-26-18)19(23)24/h1-3,10,12-13H,4-9,11H2,(H,20,22)(H,23,24). The summed E-state index contributed by atoms with van der Waals surface area (Å²) in [4.78, 5) is 27.1. The maximum atomic E-state index is 12.1. The zero-order chi connectivity index (χ0) is 18.4. The van der Waals surface area contributed by atoms with Gasteiger partial charge in [0.2, 0.25) is 5.91 Å². The van der Waals surface area contributed by atoms with Gasteiger partial charge in [0.1, 0.15) is 5.01 Å². The number of ether oxygens (including phenoxy) is 1. The van der Waals surface area contributed by atoms with Crippen molar-refractivity contribution in [3.8, 4) is 10.6 Å². The summed E-state index contributed by atoms with van der Waals surface area (Å²) >= 11 is 1.30. The largest absolute Gasteiger partial charge is 0.476 e. The minimum Gasteiger partial charge on any atom is -0.476 e. The molecule has 1 fully saturated rings. The second-order valence-electron chi connectivity index (χ2n) is 6.41. The molecule has 1 aromatic carbocycles. The first-order valence-corrected chi connectivity index (χ1v) is 9.62. The summed E-state index contributed by atoms with van der Waals surface area (Å²) in [6.07, 6.45) is 3.54. The van der Waals surface area contributed by atoms with E-state index in [4.69, 9.17) is 9.84 Å². The van der Waals surface area contributed by atoms with Crippen LogP contribution in [0.5, 0.6) is 0 Å². The molecule has 0 atom stereocenters. The van der Waals surface area contributed by atoms with Gasteiger partial charge in [-0.05, 0) is 36.8 Å². The van der Waals surface area contributed by atoms with E-state index in [1.807, 2.05) is 24.3 Å². The fourth-order valence-electron chi connectivity index (χ4n) is 2.98. The van der Waals surface area contributed by atoms with Gasteiger partial charge in [0.25, 0.3) is 0 Å². The molecule has 2 N–H and O–H groups in total. The van der Waals surface area contributed by atoms with Gasteiger partial charge in [0.05, 0.1) is 0 Å².